The Kier molecular flexibility index (Phi) is 3.91. The van der Waals surface area contributed by atoms with E-state index in [1.165, 1.54) is 0 Å². The standard InChI is InChI=1S/C11H13FN2O5S/c12-9-5-7(14(15)16)6-10(20(13,17)18)11(9)19-8-3-1-2-4-8/h5-6,8H,1-4H2,(H2,13,17,18). The summed E-state index contributed by atoms with van der Waals surface area (Å²) in [6, 6.07) is 1.33. The number of non-ortho nitro benzene ring substituents is 1. The monoisotopic (exact) mass is 304 g/mol. The third-order valence-corrected chi connectivity index (χ3v) is 4.01. The lowest BCUT2D eigenvalue weighted by Crippen LogP contribution is -2.19. The zero-order valence-electron chi connectivity index (χ0n) is 10.4. The molecule has 1 fully saturated rings. The number of hydrogen-bond donors (Lipinski definition) is 1. The summed E-state index contributed by atoms with van der Waals surface area (Å²) in [6.45, 7) is 0. The Hall–Kier alpha value is -1.74. The molecule has 9 heteroatoms. The lowest BCUT2D eigenvalue weighted by Gasteiger charge is -2.16. The van der Waals surface area contributed by atoms with Crippen LogP contribution in [0.1, 0.15) is 25.7 Å². The first-order valence-electron chi connectivity index (χ1n) is 5.96. The van der Waals surface area contributed by atoms with Crippen LogP contribution in [0.15, 0.2) is 17.0 Å². The molecule has 0 atom stereocenters. The van der Waals surface area contributed by atoms with E-state index in [2.05, 4.69) is 0 Å². The van der Waals surface area contributed by atoms with Gasteiger partial charge in [0.25, 0.3) is 5.69 Å². The number of nitrogens with zero attached hydrogens (tertiary/aromatic N) is 1. The highest BCUT2D eigenvalue weighted by atomic mass is 32.2. The van der Waals surface area contributed by atoms with Crippen molar-refractivity contribution in [1.29, 1.82) is 0 Å². The molecule has 0 aromatic heterocycles. The molecule has 1 saturated carbocycles. The van der Waals surface area contributed by atoms with Crippen LogP contribution in [0.5, 0.6) is 5.75 Å². The first kappa shape index (κ1) is 14.7. The molecule has 0 unspecified atom stereocenters. The molecule has 1 aromatic rings. The van der Waals surface area contributed by atoms with Gasteiger partial charge in [-0.3, -0.25) is 10.1 Å². The van der Waals surface area contributed by atoms with Crippen LogP contribution in [0.2, 0.25) is 0 Å². The van der Waals surface area contributed by atoms with Crippen molar-refractivity contribution >= 4 is 15.7 Å². The molecule has 0 heterocycles. The van der Waals surface area contributed by atoms with Gasteiger partial charge in [-0.1, -0.05) is 0 Å². The molecular weight excluding hydrogens is 291 g/mol. The van der Waals surface area contributed by atoms with E-state index in [1.54, 1.807) is 0 Å². The van der Waals surface area contributed by atoms with Gasteiger partial charge in [-0.25, -0.2) is 17.9 Å². The molecular formula is C11H13FN2O5S. The van der Waals surface area contributed by atoms with Gasteiger partial charge in [0, 0.05) is 6.07 Å². The van der Waals surface area contributed by atoms with E-state index in [1.807, 2.05) is 0 Å². The van der Waals surface area contributed by atoms with Crippen molar-refractivity contribution in [2.45, 2.75) is 36.7 Å². The predicted octanol–water partition coefficient (Wildman–Crippen LogP) is 1.70. The largest absolute Gasteiger partial charge is 0.486 e. The molecule has 0 spiro atoms. The third-order valence-electron chi connectivity index (χ3n) is 3.10. The fourth-order valence-electron chi connectivity index (χ4n) is 2.16. The Balaban J connectivity index is 2.50. The van der Waals surface area contributed by atoms with E-state index < -0.39 is 37.1 Å². The molecule has 0 radical (unpaired) electrons. The van der Waals surface area contributed by atoms with E-state index in [4.69, 9.17) is 9.88 Å². The Morgan fingerprint density at radius 3 is 2.45 bits per heavy atom. The van der Waals surface area contributed by atoms with Crippen molar-refractivity contribution in [3.63, 3.8) is 0 Å². The maximum absolute atomic E-state index is 13.9. The lowest BCUT2D eigenvalue weighted by molar-refractivity contribution is -0.385. The van der Waals surface area contributed by atoms with Crippen LogP contribution in [0.25, 0.3) is 0 Å². The Bertz CT molecular complexity index is 640. The number of nitro benzene ring substituents is 1. The fourth-order valence-corrected chi connectivity index (χ4v) is 2.85. The van der Waals surface area contributed by atoms with Gasteiger partial charge in [0.1, 0.15) is 4.90 Å². The summed E-state index contributed by atoms with van der Waals surface area (Å²) in [5.74, 6) is -1.64. The Morgan fingerprint density at radius 2 is 1.95 bits per heavy atom. The summed E-state index contributed by atoms with van der Waals surface area (Å²) >= 11 is 0. The summed E-state index contributed by atoms with van der Waals surface area (Å²) in [7, 11) is -4.32. The number of benzene rings is 1. The molecule has 0 amide bonds. The van der Waals surface area contributed by atoms with Gasteiger partial charge in [-0.15, -0.1) is 0 Å². The van der Waals surface area contributed by atoms with Crippen LogP contribution >= 0.6 is 0 Å². The van der Waals surface area contributed by atoms with Gasteiger partial charge in [-0.05, 0) is 25.7 Å². The number of rotatable bonds is 4. The summed E-state index contributed by atoms with van der Waals surface area (Å²) in [5, 5.41) is 15.6. The molecule has 20 heavy (non-hydrogen) atoms. The van der Waals surface area contributed by atoms with Crippen molar-refractivity contribution < 1.29 is 22.5 Å². The number of sulfonamides is 1. The maximum Gasteiger partial charge on any atom is 0.274 e. The van der Waals surface area contributed by atoms with Gasteiger partial charge in [-0.2, -0.15) is 0 Å². The second-order valence-corrected chi connectivity index (χ2v) is 6.11. The number of nitrogens with two attached hydrogens (primary N) is 1. The van der Waals surface area contributed by atoms with Gasteiger partial charge >= 0.3 is 0 Å². The smallest absolute Gasteiger partial charge is 0.274 e. The van der Waals surface area contributed by atoms with Crippen LogP contribution in [0, 0.1) is 15.9 Å². The van der Waals surface area contributed by atoms with Crippen LogP contribution in [-0.4, -0.2) is 19.4 Å². The Labute approximate surface area is 114 Å². The molecule has 110 valence electrons. The summed E-state index contributed by atoms with van der Waals surface area (Å²) in [6.07, 6.45) is 2.88. The van der Waals surface area contributed by atoms with Gasteiger partial charge in [0.2, 0.25) is 10.0 Å². The lowest BCUT2D eigenvalue weighted by atomic mass is 10.2. The van der Waals surface area contributed by atoms with E-state index in [9.17, 15) is 22.9 Å². The number of hydrogen-bond acceptors (Lipinski definition) is 5. The quantitative estimate of drug-likeness (QED) is 0.672. The molecule has 1 aromatic carbocycles. The van der Waals surface area contributed by atoms with Gasteiger partial charge in [0.15, 0.2) is 11.6 Å². The van der Waals surface area contributed by atoms with Crippen molar-refractivity contribution in [2.75, 3.05) is 0 Å². The summed E-state index contributed by atoms with van der Waals surface area (Å²) < 4.78 is 42.2. The second kappa shape index (κ2) is 5.33. The van der Waals surface area contributed by atoms with Crippen molar-refractivity contribution in [3.8, 4) is 5.75 Å². The topological polar surface area (TPSA) is 113 Å². The van der Waals surface area contributed by atoms with Crippen molar-refractivity contribution in [3.05, 3.63) is 28.1 Å². The molecule has 0 saturated heterocycles. The molecule has 2 N–H and O–H groups in total. The number of nitro groups is 1. The van der Waals surface area contributed by atoms with E-state index >= 15 is 0 Å². The average molecular weight is 304 g/mol. The zero-order chi connectivity index (χ0) is 14.9. The van der Waals surface area contributed by atoms with Crippen LogP contribution < -0.4 is 9.88 Å². The SMILES string of the molecule is NS(=O)(=O)c1cc([N+](=O)[O-])cc(F)c1OC1CCCC1. The van der Waals surface area contributed by atoms with Crippen molar-refractivity contribution in [2.24, 2.45) is 5.14 Å². The van der Waals surface area contributed by atoms with Crippen LogP contribution in [0.4, 0.5) is 10.1 Å². The highest BCUT2D eigenvalue weighted by Gasteiger charge is 2.27. The molecule has 1 aliphatic rings. The molecule has 0 bridgehead atoms. The summed E-state index contributed by atoms with van der Waals surface area (Å²) in [5.41, 5.74) is -0.690. The summed E-state index contributed by atoms with van der Waals surface area (Å²) in [4.78, 5) is 9.06. The van der Waals surface area contributed by atoms with Gasteiger partial charge in [0.05, 0.1) is 17.1 Å². The predicted molar refractivity (Wildman–Crippen MR) is 67.3 cm³/mol. The fraction of sp³-hybridized carbons (Fsp3) is 0.455. The van der Waals surface area contributed by atoms with Crippen LogP contribution in [-0.2, 0) is 10.0 Å². The van der Waals surface area contributed by atoms with E-state index in [-0.39, 0.29) is 6.10 Å². The highest BCUT2D eigenvalue weighted by Crippen LogP contribution is 2.34. The van der Waals surface area contributed by atoms with E-state index in [0.29, 0.717) is 25.0 Å². The minimum absolute atomic E-state index is 0.300. The molecule has 0 aliphatic heterocycles. The Morgan fingerprint density at radius 1 is 1.35 bits per heavy atom. The molecule has 7 nitrogen and oxygen atoms in total. The van der Waals surface area contributed by atoms with E-state index in [0.717, 1.165) is 12.8 Å². The first-order valence-corrected chi connectivity index (χ1v) is 7.51. The number of ether oxygens (including phenoxy) is 1. The first-order chi connectivity index (χ1) is 9.29. The van der Waals surface area contributed by atoms with Crippen LogP contribution in [0.3, 0.4) is 0 Å². The average Bonchev–Trinajstić information content (AvgIpc) is 2.82. The maximum atomic E-state index is 13.9. The minimum atomic E-state index is -4.32. The minimum Gasteiger partial charge on any atom is -0.486 e. The van der Waals surface area contributed by atoms with Crippen molar-refractivity contribution in [1.82, 2.24) is 0 Å². The number of primary sulfonamides is 1. The zero-order valence-corrected chi connectivity index (χ0v) is 11.2. The molecule has 1 aliphatic carbocycles. The van der Waals surface area contributed by atoms with Gasteiger partial charge < -0.3 is 4.74 Å². The highest BCUT2D eigenvalue weighted by molar-refractivity contribution is 7.89. The molecule has 2 rings (SSSR count). The normalized spacial score (nSPS) is 16.3. The number of halogens is 1. The second-order valence-electron chi connectivity index (χ2n) is 4.58. The third kappa shape index (κ3) is 3.05.